The van der Waals surface area contributed by atoms with Crippen molar-refractivity contribution in [1.82, 2.24) is 15.1 Å². The monoisotopic (exact) mass is 403 g/mol. The summed E-state index contributed by atoms with van der Waals surface area (Å²) in [6, 6.07) is 19.1. The first kappa shape index (κ1) is 19.6. The van der Waals surface area contributed by atoms with E-state index in [0.29, 0.717) is 12.1 Å². The van der Waals surface area contributed by atoms with Crippen molar-refractivity contribution in [2.75, 3.05) is 13.6 Å². The molecule has 1 aromatic heterocycles. The number of hydrogen-bond donors (Lipinski definition) is 2. The number of aromatic amines is 1. The predicted octanol–water partition coefficient (Wildman–Crippen LogP) is 4.78. The van der Waals surface area contributed by atoms with Gasteiger partial charge in [0.1, 0.15) is 11.6 Å². The average molecular weight is 403 g/mol. The molecule has 0 radical (unpaired) electrons. The van der Waals surface area contributed by atoms with Gasteiger partial charge in [-0.05, 0) is 66.1 Å². The van der Waals surface area contributed by atoms with Crippen molar-refractivity contribution < 1.29 is 14.3 Å². The quantitative estimate of drug-likeness (QED) is 0.487. The van der Waals surface area contributed by atoms with Crippen LogP contribution < -0.4 is 0 Å². The van der Waals surface area contributed by atoms with Gasteiger partial charge in [0.15, 0.2) is 0 Å². The molecule has 0 aliphatic rings. The van der Waals surface area contributed by atoms with E-state index in [0.717, 1.165) is 40.6 Å². The Morgan fingerprint density at radius 3 is 2.50 bits per heavy atom. The first-order valence-electron chi connectivity index (χ1n) is 9.79. The lowest BCUT2D eigenvalue weighted by Crippen LogP contribution is -2.28. The van der Waals surface area contributed by atoms with Crippen LogP contribution in [0.25, 0.3) is 22.0 Å². The Kier molecular flexibility index (Phi) is 5.48. The van der Waals surface area contributed by atoms with Gasteiger partial charge >= 0.3 is 0 Å². The molecule has 0 spiro atoms. The number of nitrogens with one attached hydrogen (secondary N) is 1. The van der Waals surface area contributed by atoms with Gasteiger partial charge in [-0.2, -0.15) is 5.10 Å². The van der Waals surface area contributed by atoms with Crippen molar-refractivity contribution in [2.45, 2.75) is 12.8 Å². The van der Waals surface area contributed by atoms with Crippen LogP contribution in [0.1, 0.15) is 22.5 Å². The molecule has 6 heteroatoms. The number of fused-ring (bicyclic) bond motifs is 1. The Hall–Kier alpha value is -3.67. The fourth-order valence-electron chi connectivity index (χ4n) is 3.47. The summed E-state index contributed by atoms with van der Waals surface area (Å²) in [7, 11) is 1.73. The Morgan fingerprint density at radius 2 is 1.77 bits per heavy atom. The predicted molar refractivity (Wildman–Crippen MR) is 115 cm³/mol. The summed E-state index contributed by atoms with van der Waals surface area (Å²) < 4.78 is 13.1. The number of rotatable bonds is 6. The van der Waals surface area contributed by atoms with Gasteiger partial charge in [0.2, 0.25) is 0 Å². The number of nitrogens with zero attached hydrogens (tertiary/aromatic N) is 2. The maximum Gasteiger partial charge on any atom is 0.257 e. The molecule has 1 heterocycles. The zero-order valence-electron chi connectivity index (χ0n) is 16.6. The van der Waals surface area contributed by atoms with Crippen molar-refractivity contribution >= 4 is 16.7 Å². The highest BCUT2D eigenvalue weighted by atomic mass is 19.1. The minimum Gasteiger partial charge on any atom is -0.507 e. The van der Waals surface area contributed by atoms with Crippen LogP contribution >= 0.6 is 0 Å². The van der Waals surface area contributed by atoms with Gasteiger partial charge in [0.05, 0.1) is 11.3 Å². The van der Waals surface area contributed by atoms with Gasteiger partial charge in [-0.3, -0.25) is 9.89 Å². The van der Waals surface area contributed by atoms with Crippen molar-refractivity contribution in [3.8, 4) is 17.0 Å². The molecule has 3 aromatic carbocycles. The average Bonchev–Trinajstić information content (AvgIpc) is 3.22. The third-order valence-corrected chi connectivity index (χ3v) is 5.15. The zero-order valence-corrected chi connectivity index (χ0v) is 16.6. The molecule has 0 fully saturated rings. The molecule has 2 N–H and O–H groups in total. The molecule has 5 nitrogen and oxygen atoms in total. The molecule has 0 bridgehead atoms. The lowest BCUT2D eigenvalue weighted by molar-refractivity contribution is 0.0790. The molecule has 0 atom stereocenters. The molecule has 4 rings (SSSR count). The highest BCUT2D eigenvalue weighted by Crippen LogP contribution is 2.26. The minimum atomic E-state index is -0.278. The summed E-state index contributed by atoms with van der Waals surface area (Å²) in [6.45, 7) is 0.538. The molecule has 0 aliphatic heterocycles. The van der Waals surface area contributed by atoms with E-state index < -0.39 is 0 Å². The molecule has 0 saturated heterocycles. The van der Waals surface area contributed by atoms with Gasteiger partial charge in [-0.15, -0.1) is 0 Å². The number of carbonyl (C=O) groups excluding carboxylic acids is 1. The first-order chi connectivity index (χ1) is 14.5. The van der Waals surface area contributed by atoms with Gasteiger partial charge in [-0.1, -0.05) is 24.3 Å². The fraction of sp³-hybridized carbons (Fsp3) is 0.167. The van der Waals surface area contributed by atoms with Crippen LogP contribution in [-0.2, 0) is 6.42 Å². The Morgan fingerprint density at radius 1 is 1.07 bits per heavy atom. The topological polar surface area (TPSA) is 69.2 Å². The van der Waals surface area contributed by atoms with Gasteiger partial charge < -0.3 is 10.0 Å². The standard InChI is InChI=1S/C24H22FN3O2/c1-28(24(30)21-13-17-5-2-3-6-18(17)14-23(21)29)12-4-7-20-15-22(27-26-20)16-8-10-19(25)11-9-16/h2-3,5-6,8-11,13-15,29H,4,7,12H2,1H3,(H,26,27). The van der Waals surface area contributed by atoms with Crippen LogP contribution in [0.5, 0.6) is 5.75 Å². The van der Waals surface area contributed by atoms with Crippen LogP contribution in [0.15, 0.2) is 66.7 Å². The largest absolute Gasteiger partial charge is 0.507 e. The number of carbonyl (C=O) groups is 1. The van der Waals surface area contributed by atoms with E-state index in [9.17, 15) is 14.3 Å². The maximum atomic E-state index is 13.1. The summed E-state index contributed by atoms with van der Waals surface area (Å²) >= 11 is 0. The third-order valence-electron chi connectivity index (χ3n) is 5.15. The normalized spacial score (nSPS) is 11.0. The van der Waals surface area contributed by atoms with Gasteiger partial charge in [0, 0.05) is 24.8 Å². The number of aryl methyl sites for hydroxylation is 1. The van der Waals surface area contributed by atoms with Crippen molar-refractivity contribution in [2.24, 2.45) is 0 Å². The Bertz CT molecular complexity index is 1180. The second-order valence-corrected chi connectivity index (χ2v) is 7.33. The molecular formula is C24H22FN3O2. The first-order valence-corrected chi connectivity index (χ1v) is 9.79. The minimum absolute atomic E-state index is 0.0111. The number of benzene rings is 3. The van der Waals surface area contributed by atoms with Crippen molar-refractivity contribution in [3.05, 3.63) is 83.8 Å². The van der Waals surface area contributed by atoms with E-state index in [1.54, 1.807) is 36.2 Å². The highest BCUT2D eigenvalue weighted by molar-refractivity contribution is 6.01. The third kappa shape index (κ3) is 4.17. The van der Waals surface area contributed by atoms with E-state index in [1.807, 2.05) is 30.3 Å². The highest BCUT2D eigenvalue weighted by Gasteiger charge is 2.16. The van der Waals surface area contributed by atoms with Crippen LogP contribution in [-0.4, -0.2) is 39.7 Å². The zero-order chi connectivity index (χ0) is 21.1. The summed E-state index contributed by atoms with van der Waals surface area (Å²) in [4.78, 5) is 14.4. The van der Waals surface area contributed by atoms with Gasteiger partial charge in [-0.25, -0.2) is 4.39 Å². The molecule has 30 heavy (non-hydrogen) atoms. The van der Waals surface area contributed by atoms with Gasteiger partial charge in [0.25, 0.3) is 5.91 Å². The number of halogens is 1. The Balaban J connectivity index is 1.37. The number of aromatic hydroxyl groups is 1. The fourth-order valence-corrected chi connectivity index (χ4v) is 3.47. The number of amides is 1. The van der Waals surface area contributed by atoms with Crippen LogP contribution in [0.4, 0.5) is 4.39 Å². The number of aromatic nitrogens is 2. The van der Waals surface area contributed by atoms with E-state index in [2.05, 4.69) is 10.2 Å². The second-order valence-electron chi connectivity index (χ2n) is 7.33. The molecule has 0 saturated carbocycles. The second kappa shape index (κ2) is 8.37. The molecule has 0 unspecified atom stereocenters. The van der Waals surface area contributed by atoms with E-state index >= 15 is 0 Å². The van der Waals surface area contributed by atoms with Crippen LogP contribution in [0.3, 0.4) is 0 Å². The maximum absolute atomic E-state index is 13.1. The SMILES string of the molecule is CN(CCCc1cc(-c2ccc(F)cc2)n[nH]1)C(=O)c1cc2ccccc2cc1O. The molecule has 1 amide bonds. The van der Waals surface area contributed by atoms with E-state index in [4.69, 9.17) is 0 Å². The van der Waals surface area contributed by atoms with E-state index in [-0.39, 0.29) is 17.5 Å². The Labute approximate surface area is 173 Å². The lowest BCUT2D eigenvalue weighted by atomic mass is 10.0. The molecule has 152 valence electrons. The number of phenols is 1. The summed E-state index contributed by atoms with van der Waals surface area (Å²) in [6.07, 6.45) is 1.46. The summed E-state index contributed by atoms with van der Waals surface area (Å²) in [5.74, 6) is -0.502. The van der Waals surface area contributed by atoms with Crippen molar-refractivity contribution in [1.29, 1.82) is 0 Å². The summed E-state index contributed by atoms with van der Waals surface area (Å²) in [5, 5.41) is 19.4. The smallest absolute Gasteiger partial charge is 0.257 e. The number of H-pyrrole nitrogens is 1. The van der Waals surface area contributed by atoms with Crippen LogP contribution in [0.2, 0.25) is 0 Å². The van der Waals surface area contributed by atoms with Crippen LogP contribution in [0, 0.1) is 5.82 Å². The lowest BCUT2D eigenvalue weighted by Gasteiger charge is -2.18. The molecular weight excluding hydrogens is 381 g/mol. The van der Waals surface area contributed by atoms with Crippen molar-refractivity contribution in [3.63, 3.8) is 0 Å². The summed E-state index contributed by atoms with van der Waals surface area (Å²) in [5.41, 5.74) is 2.86. The van der Waals surface area contributed by atoms with E-state index in [1.165, 1.54) is 12.1 Å². The molecule has 0 aliphatic carbocycles. The number of phenolic OH excluding ortho intramolecular Hbond substituents is 1. The molecule has 4 aromatic rings. The number of hydrogen-bond acceptors (Lipinski definition) is 3.